The van der Waals surface area contributed by atoms with E-state index in [0.717, 1.165) is 39.4 Å². The Morgan fingerprint density at radius 3 is 1.82 bits per heavy atom. The molecule has 0 aromatic heterocycles. The van der Waals surface area contributed by atoms with E-state index in [9.17, 15) is 4.79 Å². The zero-order valence-electron chi connectivity index (χ0n) is 17.6. The summed E-state index contributed by atoms with van der Waals surface area (Å²) >= 11 is 12.5. The Kier molecular flexibility index (Phi) is 4.83. The monoisotopic (exact) mass is 464 g/mol. The highest BCUT2D eigenvalue weighted by Crippen LogP contribution is 2.40. The molecule has 6 aromatic carbocycles. The molecule has 158 valence electrons. The van der Waals surface area contributed by atoms with Crippen LogP contribution in [0.3, 0.4) is 0 Å². The van der Waals surface area contributed by atoms with Crippen molar-refractivity contribution in [2.24, 2.45) is 0 Å². The third-order valence-electron chi connectivity index (χ3n) is 6.44. The van der Waals surface area contributed by atoms with Crippen molar-refractivity contribution < 1.29 is 4.79 Å². The molecule has 0 aliphatic heterocycles. The van der Waals surface area contributed by atoms with E-state index in [1.165, 1.54) is 21.5 Å². The third-order valence-corrected chi connectivity index (χ3v) is 7.24. The lowest BCUT2D eigenvalue weighted by atomic mass is 9.85. The van der Waals surface area contributed by atoms with Gasteiger partial charge in [-0.1, -0.05) is 114 Å². The summed E-state index contributed by atoms with van der Waals surface area (Å²) in [5.41, 5.74) is 4.00. The van der Waals surface area contributed by atoms with Gasteiger partial charge in [-0.3, -0.25) is 4.79 Å². The van der Waals surface area contributed by atoms with Gasteiger partial charge in [0.15, 0.2) is 5.78 Å². The number of rotatable bonds is 0. The lowest BCUT2D eigenvalue weighted by Gasteiger charge is -2.17. The number of hydrogen-bond acceptors (Lipinski definition) is 1. The Hall–Kier alpha value is -3.39. The summed E-state index contributed by atoms with van der Waals surface area (Å²) in [6.45, 7) is 0. The molecule has 0 amide bonds. The highest BCUT2D eigenvalue weighted by Gasteiger charge is 2.21. The van der Waals surface area contributed by atoms with Gasteiger partial charge in [0, 0.05) is 16.5 Å². The van der Waals surface area contributed by atoms with Crippen LogP contribution in [0.1, 0.15) is 27.0 Å². The minimum Gasteiger partial charge on any atom is -0.289 e. The van der Waals surface area contributed by atoms with Crippen molar-refractivity contribution in [2.75, 3.05) is 0 Å². The van der Waals surface area contributed by atoms with Crippen LogP contribution in [0.5, 0.6) is 0 Å². The molecule has 7 rings (SSSR count). The molecule has 3 heteroatoms. The van der Waals surface area contributed by atoms with E-state index in [0.29, 0.717) is 10.0 Å². The lowest BCUT2D eigenvalue weighted by Crippen LogP contribution is -2.14. The summed E-state index contributed by atoms with van der Waals surface area (Å²) in [7, 11) is 0. The maximum atomic E-state index is 12.1. The van der Waals surface area contributed by atoms with Crippen molar-refractivity contribution in [3.8, 4) is 0 Å². The number of hydrogen-bond donors (Lipinski definition) is 0. The fourth-order valence-corrected chi connectivity index (χ4v) is 5.31. The molecule has 1 aliphatic carbocycles. The second-order valence-corrected chi connectivity index (χ2v) is 9.13. The molecule has 0 atom stereocenters. The van der Waals surface area contributed by atoms with Crippen molar-refractivity contribution in [2.45, 2.75) is 6.42 Å². The van der Waals surface area contributed by atoms with Gasteiger partial charge in [-0.05, 0) is 50.5 Å². The van der Waals surface area contributed by atoms with E-state index in [-0.39, 0.29) is 5.78 Å². The molecule has 0 spiro atoms. The quantitative estimate of drug-likeness (QED) is 0.205. The Morgan fingerprint density at radius 1 is 0.576 bits per heavy atom. The minimum atomic E-state index is 0.160. The zero-order chi connectivity index (χ0) is 22.5. The van der Waals surface area contributed by atoms with Crippen molar-refractivity contribution in [3.63, 3.8) is 0 Å². The first kappa shape index (κ1) is 20.2. The van der Waals surface area contributed by atoms with Crippen LogP contribution in [0.25, 0.3) is 32.3 Å². The molecule has 1 aliphatic rings. The lowest BCUT2D eigenvalue weighted by molar-refractivity contribution is 0.103. The van der Waals surface area contributed by atoms with Crippen LogP contribution in [0.15, 0.2) is 97.1 Å². The molecule has 6 aromatic rings. The Balaban J connectivity index is 0.000000127. The van der Waals surface area contributed by atoms with E-state index >= 15 is 0 Å². The molecule has 33 heavy (non-hydrogen) atoms. The summed E-state index contributed by atoms with van der Waals surface area (Å²) < 4.78 is 0. The molecule has 0 fully saturated rings. The van der Waals surface area contributed by atoms with Gasteiger partial charge >= 0.3 is 0 Å². The van der Waals surface area contributed by atoms with Crippen molar-refractivity contribution in [3.05, 3.63) is 129 Å². The predicted molar refractivity (Wildman–Crippen MR) is 139 cm³/mol. The van der Waals surface area contributed by atoms with Gasteiger partial charge in [0.25, 0.3) is 0 Å². The number of fused-ring (bicyclic) bond motifs is 2. The molecule has 0 bridgehead atoms. The fraction of sp³-hybridized carbons (Fsp3) is 0.0333. The van der Waals surface area contributed by atoms with E-state index in [2.05, 4.69) is 42.5 Å². The zero-order valence-corrected chi connectivity index (χ0v) is 19.1. The topological polar surface area (TPSA) is 17.1 Å². The SMILES string of the molecule is Clc1cc2ccc3cccc4ccc(c1Cl)c2c34.O=C1c2ccccc2Cc2ccccc21. The first-order valence-electron chi connectivity index (χ1n) is 10.8. The van der Waals surface area contributed by atoms with Gasteiger partial charge in [0.1, 0.15) is 0 Å². The van der Waals surface area contributed by atoms with Crippen LogP contribution in [0.4, 0.5) is 0 Å². The van der Waals surface area contributed by atoms with Gasteiger partial charge < -0.3 is 0 Å². The van der Waals surface area contributed by atoms with Crippen molar-refractivity contribution in [1.29, 1.82) is 0 Å². The van der Waals surface area contributed by atoms with Crippen molar-refractivity contribution in [1.82, 2.24) is 0 Å². The van der Waals surface area contributed by atoms with Crippen LogP contribution >= 0.6 is 23.2 Å². The summed E-state index contributed by atoms with van der Waals surface area (Å²) in [6, 6.07) is 32.4. The minimum absolute atomic E-state index is 0.160. The first-order valence-corrected chi connectivity index (χ1v) is 11.6. The Morgan fingerprint density at radius 2 is 1.15 bits per heavy atom. The first-order chi connectivity index (χ1) is 16.1. The summed E-state index contributed by atoms with van der Waals surface area (Å²) in [4.78, 5) is 12.1. The van der Waals surface area contributed by atoms with Gasteiger partial charge in [0.2, 0.25) is 0 Å². The molecule has 0 radical (unpaired) electrons. The maximum absolute atomic E-state index is 12.1. The molecule has 1 nitrogen and oxygen atoms in total. The normalized spacial score (nSPS) is 12.5. The third kappa shape index (κ3) is 3.28. The van der Waals surface area contributed by atoms with Crippen LogP contribution in [-0.2, 0) is 6.42 Å². The molecule has 0 saturated heterocycles. The van der Waals surface area contributed by atoms with E-state index in [4.69, 9.17) is 23.2 Å². The van der Waals surface area contributed by atoms with E-state index < -0.39 is 0 Å². The Bertz CT molecular complexity index is 1620. The smallest absolute Gasteiger partial charge is 0.193 e. The summed E-state index contributed by atoms with van der Waals surface area (Å²) in [5.74, 6) is 0.160. The average Bonchev–Trinajstić information content (AvgIpc) is 2.85. The average molecular weight is 465 g/mol. The van der Waals surface area contributed by atoms with Crippen LogP contribution in [0, 0.1) is 0 Å². The molecule has 0 N–H and O–H groups in total. The van der Waals surface area contributed by atoms with Crippen LogP contribution < -0.4 is 0 Å². The summed E-state index contributed by atoms with van der Waals surface area (Å²) in [5, 5.41) is 8.39. The van der Waals surface area contributed by atoms with E-state index in [1.54, 1.807) is 0 Å². The number of carbonyl (C=O) groups excluding carboxylic acids is 1. The molecule has 0 heterocycles. The number of halogens is 2. The molecular weight excluding hydrogens is 447 g/mol. The second kappa shape index (κ2) is 7.88. The van der Waals surface area contributed by atoms with E-state index in [1.807, 2.05) is 54.6 Å². The largest absolute Gasteiger partial charge is 0.289 e. The standard InChI is InChI=1S/C16H8Cl2.C14H10O/c17-13-8-11-5-4-9-2-1-3-10-6-7-12(16(13)18)15(11)14(9)10;15-14-12-7-3-1-5-10(12)9-11-6-2-4-8-13(11)14/h1-8H;1-8H,9H2. The summed E-state index contributed by atoms with van der Waals surface area (Å²) in [6.07, 6.45) is 0.873. The second-order valence-electron chi connectivity index (χ2n) is 8.35. The predicted octanol–water partition coefficient (Wildman–Crippen LogP) is 8.71. The van der Waals surface area contributed by atoms with Crippen LogP contribution in [0.2, 0.25) is 10.0 Å². The number of benzene rings is 6. The Labute approximate surface area is 201 Å². The molecule has 0 unspecified atom stereocenters. The highest BCUT2D eigenvalue weighted by atomic mass is 35.5. The number of ketones is 1. The van der Waals surface area contributed by atoms with Crippen molar-refractivity contribution >= 4 is 61.3 Å². The van der Waals surface area contributed by atoms with Gasteiger partial charge in [0.05, 0.1) is 10.0 Å². The molecule has 0 saturated carbocycles. The highest BCUT2D eigenvalue weighted by molar-refractivity contribution is 6.47. The van der Waals surface area contributed by atoms with Gasteiger partial charge in [-0.25, -0.2) is 0 Å². The number of carbonyl (C=O) groups is 1. The fourth-order valence-electron chi connectivity index (χ4n) is 4.88. The van der Waals surface area contributed by atoms with Gasteiger partial charge in [-0.2, -0.15) is 0 Å². The maximum Gasteiger partial charge on any atom is 0.193 e. The molecular formula is C30H18Cl2O. The van der Waals surface area contributed by atoms with Crippen LogP contribution in [-0.4, -0.2) is 5.78 Å². The van der Waals surface area contributed by atoms with Gasteiger partial charge in [-0.15, -0.1) is 0 Å².